The van der Waals surface area contributed by atoms with Crippen molar-refractivity contribution >= 4 is 51.0 Å². The van der Waals surface area contributed by atoms with Crippen LogP contribution in [0.1, 0.15) is 15.3 Å². The molecule has 0 saturated carbocycles. The molecule has 0 N–H and O–H groups in total. The maximum absolute atomic E-state index is 6.03. The Morgan fingerprint density at radius 2 is 2.35 bits per heavy atom. The molecule has 0 aliphatic carbocycles. The van der Waals surface area contributed by atoms with Gasteiger partial charge in [0.1, 0.15) is 5.15 Å². The van der Waals surface area contributed by atoms with E-state index < -0.39 is 0 Å². The fraction of sp³-hybridized carbons (Fsp3) is 0.364. The molecule has 0 unspecified atom stereocenters. The number of thiophene rings is 1. The number of alkyl halides is 1. The number of nitrogens with zero attached hydrogens (tertiary/aromatic N) is 2. The normalized spacial score (nSPS) is 15.1. The second kappa shape index (κ2) is 4.76. The Labute approximate surface area is 118 Å². The Morgan fingerprint density at radius 1 is 1.47 bits per heavy atom. The lowest BCUT2D eigenvalue weighted by molar-refractivity contribution is 0.740. The summed E-state index contributed by atoms with van der Waals surface area (Å²) in [4.78, 5) is 9.13. The van der Waals surface area contributed by atoms with Crippen molar-refractivity contribution in [2.45, 2.75) is 18.8 Å². The van der Waals surface area contributed by atoms with Gasteiger partial charge in [-0.2, -0.15) is 0 Å². The van der Waals surface area contributed by atoms with E-state index >= 15 is 0 Å². The summed E-state index contributed by atoms with van der Waals surface area (Å²) in [7, 11) is 0. The minimum absolute atomic E-state index is 0.439. The molecular weight excluding hydrogens is 295 g/mol. The predicted molar refractivity (Wildman–Crippen MR) is 75.8 cm³/mol. The quantitative estimate of drug-likeness (QED) is 0.775. The van der Waals surface area contributed by atoms with Crippen molar-refractivity contribution in [2.75, 3.05) is 11.4 Å². The highest BCUT2D eigenvalue weighted by molar-refractivity contribution is 7.16. The Kier molecular flexibility index (Phi) is 3.30. The minimum atomic E-state index is 0.439. The lowest BCUT2D eigenvalue weighted by Gasteiger charge is -2.26. The van der Waals surface area contributed by atoms with Gasteiger partial charge in [-0.1, -0.05) is 22.9 Å². The van der Waals surface area contributed by atoms with E-state index in [1.54, 1.807) is 11.3 Å². The van der Waals surface area contributed by atoms with Gasteiger partial charge < -0.3 is 4.90 Å². The molecule has 2 aromatic heterocycles. The molecule has 90 valence electrons. The Balaban J connectivity index is 1.86. The van der Waals surface area contributed by atoms with Gasteiger partial charge in [0.2, 0.25) is 0 Å². The van der Waals surface area contributed by atoms with Crippen molar-refractivity contribution < 1.29 is 0 Å². The minimum Gasteiger partial charge on any atom is -0.343 e. The highest BCUT2D eigenvalue weighted by atomic mass is 35.5. The van der Waals surface area contributed by atoms with Crippen LogP contribution in [0.15, 0.2) is 11.4 Å². The van der Waals surface area contributed by atoms with Crippen LogP contribution in [0.5, 0.6) is 0 Å². The number of fused-ring (bicyclic) bond motifs is 1. The van der Waals surface area contributed by atoms with E-state index in [2.05, 4.69) is 21.3 Å². The molecule has 2 nitrogen and oxygen atoms in total. The van der Waals surface area contributed by atoms with Gasteiger partial charge in [-0.15, -0.1) is 22.9 Å². The number of thiazole rings is 1. The Morgan fingerprint density at radius 3 is 3.12 bits per heavy atom. The van der Waals surface area contributed by atoms with Gasteiger partial charge in [0.05, 0.1) is 10.8 Å². The summed E-state index contributed by atoms with van der Waals surface area (Å²) >= 11 is 15.3. The number of hydrogen-bond donors (Lipinski definition) is 0. The fourth-order valence-corrected chi connectivity index (χ4v) is 4.34. The third-order valence-electron chi connectivity index (χ3n) is 2.84. The lowest BCUT2D eigenvalue weighted by Crippen LogP contribution is -2.29. The SMILES string of the molecule is ClCc1sc(N2CCc3sccc3C2)nc1Cl. The van der Waals surface area contributed by atoms with E-state index in [1.165, 1.54) is 10.4 Å². The molecular formula is C11H10Cl2N2S2. The highest BCUT2D eigenvalue weighted by Gasteiger charge is 2.21. The van der Waals surface area contributed by atoms with Gasteiger partial charge in [-0.25, -0.2) is 4.98 Å². The van der Waals surface area contributed by atoms with Crippen LogP contribution in [0, 0.1) is 0 Å². The summed E-state index contributed by atoms with van der Waals surface area (Å²) in [6, 6.07) is 2.20. The second-order valence-electron chi connectivity index (χ2n) is 3.88. The summed E-state index contributed by atoms with van der Waals surface area (Å²) in [5, 5.41) is 3.70. The second-order valence-corrected chi connectivity index (χ2v) is 6.57. The molecule has 1 aliphatic heterocycles. The van der Waals surface area contributed by atoms with Gasteiger partial charge in [0, 0.05) is 18.0 Å². The molecule has 0 amide bonds. The van der Waals surface area contributed by atoms with Crippen molar-refractivity contribution in [3.05, 3.63) is 31.9 Å². The number of aromatic nitrogens is 1. The van der Waals surface area contributed by atoms with Crippen molar-refractivity contribution in [1.82, 2.24) is 4.98 Å². The third kappa shape index (κ3) is 2.19. The Hall–Kier alpha value is -0.290. The smallest absolute Gasteiger partial charge is 0.187 e. The lowest BCUT2D eigenvalue weighted by atomic mass is 10.1. The molecule has 0 fully saturated rings. The zero-order chi connectivity index (χ0) is 11.8. The van der Waals surface area contributed by atoms with Gasteiger partial charge >= 0.3 is 0 Å². The number of rotatable bonds is 2. The van der Waals surface area contributed by atoms with Gasteiger partial charge in [0.25, 0.3) is 0 Å². The number of halogens is 2. The van der Waals surface area contributed by atoms with E-state index in [0.29, 0.717) is 11.0 Å². The van der Waals surface area contributed by atoms with Crippen LogP contribution in [-0.4, -0.2) is 11.5 Å². The van der Waals surface area contributed by atoms with Gasteiger partial charge in [-0.05, 0) is 23.4 Å². The first-order valence-electron chi connectivity index (χ1n) is 5.29. The standard InChI is InChI=1S/C11H10Cl2N2S2/c12-5-9-10(13)14-11(17-9)15-3-1-8-7(6-15)2-4-16-8/h2,4H,1,3,5-6H2. The van der Waals surface area contributed by atoms with Gasteiger partial charge in [-0.3, -0.25) is 0 Å². The average molecular weight is 305 g/mol. The van der Waals surface area contributed by atoms with Crippen LogP contribution >= 0.6 is 45.9 Å². The Bertz CT molecular complexity index is 535. The van der Waals surface area contributed by atoms with Crippen molar-refractivity contribution in [3.8, 4) is 0 Å². The van der Waals surface area contributed by atoms with Gasteiger partial charge in [0.15, 0.2) is 5.13 Å². The zero-order valence-corrected chi connectivity index (χ0v) is 12.1. The molecule has 3 rings (SSSR count). The first-order valence-corrected chi connectivity index (χ1v) is 7.90. The van der Waals surface area contributed by atoms with Crippen LogP contribution in [0.3, 0.4) is 0 Å². The van der Waals surface area contributed by atoms with E-state index in [1.807, 2.05) is 11.3 Å². The van der Waals surface area contributed by atoms with Crippen LogP contribution in [-0.2, 0) is 18.8 Å². The first kappa shape index (κ1) is 11.8. The third-order valence-corrected chi connectivity index (χ3v) is 5.83. The molecule has 17 heavy (non-hydrogen) atoms. The molecule has 1 aliphatic rings. The summed E-state index contributed by atoms with van der Waals surface area (Å²) in [6.45, 7) is 1.95. The van der Waals surface area contributed by atoms with E-state index in [0.717, 1.165) is 29.5 Å². The highest BCUT2D eigenvalue weighted by Crippen LogP contribution is 2.34. The van der Waals surface area contributed by atoms with Crippen molar-refractivity contribution in [3.63, 3.8) is 0 Å². The average Bonchev–Trinajstić information content (AvgIpc) is 2.93. The molecule has 0 spiro atoms. The molecule has 2 aromatic rings. The largest absolute Gasteiger partial charge is 0.343 e. The monoisotopic (exact) mass is 304 g/mol. The van der Waals surface area contributed by atoms with Crippen LogP contribution in [0.25, 0.3) is 0 Å². The zero-order valence-electron chi connectivity index (χ0n) is 8.95. The van der Waals surface area contributed by atoms with E-state index in [9.17, 15) is 0 Å². The van der Waals surface area contributed by atoms with Crippen LogP contribution in [0.4, 0.5) is 5.13 Å². The summed E-state index contributed by atoms with van der Waals surface area (Å²) in [5.74, 6) is 0.439. The van der Waals surface area contributed by atoms with Crippen molar-refractivity contribution in [2.24, 2.45) is 0 Å². The van der Waals surface area contributed by atoms with E-state index in [4.69, 9.17) is 23.2 Å². The molecule has 6 heteroatoms. The maximum Gasteiger partial charge on any atom is 0.187 e. The summed E-state index contributed by atoms with van der Waals surface area (Å²) in [6.07, 6.45) is 1.10. The van der Waals surface area contributed by atoms with E-state index in [-0.39, 0.29) is 0 Å². The topological polar surface area (TPSA) is 16.1 Å². The van der Waals surface area contributed by atoms with Crippen molar-refractivity contribution in [1.29, 1.82) is 0 Å². The molecule has 0 bridgehead atoms. The molecule has 0 radical (unpaired) electrons. The number of hydrogen-bond acceptors (Lipinski definition) is 4. The molecule has 0 atom stereocenters. The molecule has 0 saturated heterocycles. The predicted octanol–water partition coefficient (Wildman–Crippen LogP) is 4.16. The molecule has 3 heterocycles. The van der Waals surface area contributed by atoms with Crippen LogP contribution < -0.4 is 4.90 Å². The number of anilines is 1. The summed E-state index contributed by atoms with van der Waals surface area (Å²) in [5.41, 5.74) is 1.42. The maximum atomic E-state index is 6.03. The summed E-state index contributed by atoms with van der Waals surface area (Å²) < 4.78 is 0. The first-order chi connectivity index (χ1) is 8.28. The van der Waals surface area contributed by atoms with Crippen LogP contribution in [0.2, 0.25) is 5.15 Å². The molecule has 0 aromatic carbocycles. The fourth-order valence-electron chi connectivity index (χ4n) is 1.95.